The fourth-order valence-corrected chi connectivity index (χ4v) is 4.34. The van der Waals surface area contributed by atoms with Crippen molar-refractivity contribution in [1.82, 2.24) is 14.8 Å². The molecule has 1 N–H and O–H groups in total. The Kier molecular flexibility index (Phi) is 5.10. The van der Waals surface area contributed by atoms with Crippen molar-refractivity contribution in [2.45, 2.75) is 18.8 Å². The third-order valence-corrected chi connectivity index (χ3v) is 5.79. The van der Waals surface area contributed by atoms with Gasteiger partial charge < -0.3 is 14.2 Å². The Labute approximate surface area is 164 Å². The smallest absolute Gasteiger partial charge is 0.226 e. The summed E-state index contributed by atoms with van der Waals surface area (Å²) in [6.45, 7) is 1.48. The number of aromatic nitrogens is 3. The number of H-pyrrole nitrogens is 1. The first-order valence-corrected chi connectivity index (χ1v) is 9.67. The van der Waals surface area contributed by atoms with Gasteiger partial charge in [-0.1, -0.05) is 41.1 Å². The van der Waals surface area contributed by atoms with Crippen LogP contribution >= 0.6 is 35.2 Å². The van der Waals surface area contributed by atoms with Crippen LogP contribution in [0.25, 0.3) is 0 Å². The highest BCUT2D eigenvalue weighted by atomic mass is 35.5. The minimum absolute atomic E-state index is 0.330. The highest BCUT2D eigenvalue weighted by Crippen LogP contribution is 2.45. The van der Waals surface area contributed by atoms with Gasteiger partial charge in [-0.15, -0.1) is 0 Å². The number of benzene rings is 1. The summed E-state index contributed by atoms with van der Waals surface area (Å²) in [6, 6.07) is 11.3. The minimum Gasteiger partial charge on any atom is -0.447 e. The molecule has 1 aromatic carbocycles. The summed E-state index contributed by atoms with van der Waals surface area (Å²) in [4.78, 5) is 4.80. The van der Waals surface area contributed by atoms with Crippen LogP contribution in [0, 0.1) is 4.77 Å². The van der Waals surface area contributed by atoms with E-state index >= 15 is 0 Å². The van der Waals surface area contributed by atoms with Crippen molar-refractivity contribution in [1.29, 1.82) is 0 Å². The standard InChI is InChI=1S/C17H16ClN3O3S2/c18-13-9-14(24-12-5-2-1-3-6-12)26-15(13)17(22-7-4-8-23-17)10-21-16(25)19-11-20-21/h1-3,5-6,9,11H,4,7-8,10H2,(H,19,20,25). The molecule has 3 heterocycles. The summed E-state index contributed by atoms with van der Waals surface area (Å²) in [5.41, 5.74) is 0. The lowest BCUT2D eigenvalue weighted by molar-refractivity contribution is -0.282. The van der Waals surface area contributed by atoms with Crippen LogP contribution in [0.5, 0.6) is 10.8 Å². The molecule has 1 saturated heterocycles. The number of hydrogen-bond acceptors (Lipinski definition) is 6. The van der Waals surface area contributed by atoms with Crippen LogP contribution in [-0.2, 0) is 21.8 Å². The van der Waals surface area contributed by atoms with Gasteiger partial charge in [0.05, 0.1) is 23.1 Å². The molecule has 0 bridgehead atoms. The Balaban J connectivity index is 1.67. The van der Waals surface area contributed by atoms with E-state index in [0.717, 1.165) is 17.0 Å². The fraction of sp³-hybridized carbons (Fsp3) is 0.294. The van der Waals surface area contributed by atoms with Gasteiger partial charge in [0.1, 0.15) is 18.6 Å². The molecule has 26 heavy (non-hydrogen) atoms. The second-order valence-corrected chi connectivity index (χ2v) is 7.50. The number of para-hydroxylation sites is 1. The summed E-state index contributed by atoms with van der Waals surface area (Å²) in [7, 11) is 0. The van der Waals surface area contributed by atoms with Gasteiger partial charge in [-0.05, 0) is 30.8 Å². The maximum atomic E-state index is 6.52. The zero-order valence-corrected chi connectivity index (χ0v) is 16.1. The summed E-state index contributed by atoms with van der Waals surface area (Å²) in [5.74, 6) is -0.282. The van der Waals surface area contributed by atoms with E-state index in [0.29, 0.717) is 34.6 Å². The van der Waals surface area contributed by atoms with Crippen LogP contribution in [0.4, 0.5) is 0 Å². The number of rotatable bonds is 5. The molecular weight excluding hydrogens is 394 g/mol. The summed E-state index contributed by atoms with van der Waals surface area (Å²) < 4.78 is 20.2. The Hall–Kier alpha value is -1.71. The van der Waals surface area contributed by atoms with Gasteiger partial charge in [0, 0.05) is 6.07 Å². The quantitative estimate of drug-likeness (QED) is 0.617. The van der Waals surface area contributed by atoms with Crippen LogP contribution in [-0.4, -0.2) is 28.0 Å². The molecule has 0 radical (unpaired) electrons. The number of nitrogens with one attached hydrogen (secondary N) is 1. The van der Waals surface area contributed by atoms with E-state index < -0.39 is 5.79 Å². The van der Waals surface area contributed by atoms with Crippen LogP contribution in [0.3, 0.4) is 0 Å². The third kappa shape index (κ3) is 3.56. The largest absolute Gasteiger partial charge is 0.447 e. The highest BCUT2D eigenvalue weighted by Gasteiger charge is 2.41. The number of aromatic amines is 1. The molecule has 2 aromatic heterocycles. The molecule has 6 nitrogen and oxygen atoms in total. The highest BCUT2D eigenvalue weighted by molar-refractivity contribution is 7.71. The molecule has 1 aliphatic rings. The number of ether oxygens (including phenoxy) is 3. The van der Waals surface area contributed by atoms with Gasteiger partial charge in [-0.3, -0.25) is 9.78 Å². The first kappa shape index (κ1) is 17.7. The van der Waals surface area contributed by atoms with E-state index in [4.69, 9.17) is 38.0 Å². The molecule has 1 fully saturated rings. The molecule has 0 amide bonds. The van der Waals surface area contributed by atoms with Crippen molar-refractivity contribution in [3.63, 3.8) is 0 Å². The SMILES string of the molecule is S=c1nc[nH]n1CC1(c2sc(Oc3ccccc3)cc2Cl)OCCCO1. The van der Waals surface area contributed by atoms with Gasteiger partial charge in [0.2, 0.25) is 10.6 Å². The van der Waals surface area contributed by atoms with Gasteiger partial charge in [0.25, 0.3) is 0 Å². The lowest BCUT2D eigenvalue weighted by atomic mass is 10.2. The van der Waals surface area contributed by atoms with Crippen LogP contribution in [0.2, 0.25) is 5.02 Å². The van der Waals surface area contributed by atoms with Crippen molar-refractivity contribution in [3.8, 4) is 10.8 Å². The second kappa shape index (κ2) is 7.50. The van der Waals surface area contributed by atoms with Crippen molar-refractivity contribution in [2.75, 3.05) is 13.2 Å². The van der Waals surface area contributed by atoms with Crippen LogP contribution < -0.4 is 4.74 Å². The summed E-state index contributed by atoms with van der Waals surface area (Å²) in [6.07, 6.45) is 2.37. The molecule has 0 atom stereocenters. The second-order valence-electron chi connectivity index (χ2n) is 5.72. The van der Waals surface area contributed by atoms with Gasteiger partial charge in [0.15, 0.2) is 5.06 Å². The number of thiophene rings is 1. The molecule has 0 aliphatic carbocycles. The molecule has 0 spiro atoms. The molecule has 4 rings (SSSR count). The van der Waals surface area contributed by atoms with Crippen molar-refractivity contribution in [2.24, 2.45) is 0 Å². The molecule has 3 aromatic rings. The monoisotopic (exact) mass is 409 g/mol. The number of halogens is 1. The van der Waals surface area contributed by atoms with E-state index in [1.54, 1.807) is 17.1 Å². The summed E-state index contributed by atoms with van der Waals surface area (Å²) in [5, 5.41) is 4.19. The lowest BCUT2D eigenvalue weighted by Gasteiger charge is -2.36. The Bertz CT molecular complexity index is 932. The molecule has 1 aliphatic heterocycles. The Morgan fingerprint density at radius 1 is 1.31 bits per heavy atom. The van der Waals surface area contributed by atoms with E-state index in [-0.39, 0.29) is 0 Å². The van der Waals surface area contributed by atoms with E-state index in [9.17, 15) is 0 Å². The lowest BCUT2D eigenvalue weighted by Crippen LogP contribution is -2.41. The average Bonchev–Trinajstić information content (AvgIpc) is 3.22. The van der Waals surface area contributed by atoms with Gasteiger partial charge in [-0.2, -0.15) is 0 Å². The number of hydrogen-bond donors (Lipinski definition) is 1. The van der Waals surface area contributed by atoms with Crippen LogP contribution in [0.1, 0.15) is 11.3 Å². The molecule has 0 saturated carbocycles. The van der Waals surface area contributed by atoms with E-state index in [2.05, 4.69) is 10.1 Å². The molecule has 136 valence electrons. The topological polar surface area (TPSA) is 61.3 Å². The predicted octanol–water partition coefficient (Wildman–Crippen LogP) is 4.74. The van der Waals surface area contributed by atoms with Gasteiger partial charge in [-0.25, -0.2) is 4.98 Å². The van der Waals surface area contributed by atoms with Crippen molar-refractivity contribution >= 4 is 35.2 Å². The van der Waals surface area contributed by atoms with Gasteiger partial charge >= 0.3 is 0 Å². The first-order valence-electron chi connectivity index (χ1n) is 8.07. The Morgan fingerprint density at radius 2 is 2.08 bits per heavy atom. The average molecular weight is 410 g/mol. The first-order chi connectivity index (χ1) is 12.7. The van der Waals surface area contributed by atoms with E-state index in [1.807, 2.05) is 30.3 Å². The maximum absolute atomic E-state index is 6.52. The zero-order chi connectivity index (χ0) is 18.0. The third-order valence-electron chi connectivity index (χ3n) is 3.92. The molecular formula is C17H16ClN3O3S2. The van der Waals surface area contributed by atoms with Crippen molar-refractivity contribution < 1.29 is 14.2 Å². The fourth-order valence-electron chi connectivity index (χ4n) is 2.73. The molecule has 0 unspecified atom stereocenters. The zero-order valence-electron chi connectivity index (χ0n) is 13.7. The van der Waals surface area contributed by atoms with Crippen molar-refractivity contribution in [3.05, 3.63) is 57.4 Å². The van der Waals surface area contributed by atoms with Crippen LogP contribution in [0.15, 0.2) is 42.7 Å². The predicted molar refractivity (Wildman–Crippen MR) is 101 cm³/mol. The maximum Gasteiger partial charge on any atom is 0.226 e. The molecule has 9 heteroatoms. The summed E-state index contributed by atoms with van der Waals surface area (Å²) >= 11 is 13.2. The number of nitrogens with zero attached hydrogens (tertiary/aromatic N) is 2. The normalized spacial score (nSPS) is 16.5. The Morgan fingerprint density at radius 3 is 2.77 bits per heavy atom. The minimum atomic E-state index is -1.02. The van der Waals surface area contributed by atoms with E-state index in [1.165, 1.54) is 11.3 Å².